The maximum atomic E-state index is 11.0. The number of hydrogen-bond acceptors (Lipinski definition) is 2. The molecule has 43 heavy (non-hydrogen) atoms. The van der Waals surface area contributed by atoms with Crippen molar-refractivity contribution in [2.45, 2.75) is 137 Å². The predicted molar refractivity (Wildman–Crippen MR) is 201 cm³/mol. The zero-order valence-electron chi connectivity index (χ0n) is 30.8. The molecule has 1 aliphatic rings. The predicted octanol–water partition coefficient (Wildman–Crippen LogP) is 13.3. The normalized spacial score (nSPS) is 9.86. The van der Waals surface area contributed by atoms with Crippen molar-refractivity contribution in [2.24, 2.45) is 23.7 Å². The van der Waals surface area contributed by atoms with Gasteiger partial charge in [-0.1, -0.05) is 153 Å². The Kier molecular flexibility index (Phi) is 53.9. The van der Waals surface area contributed by atoms with Gasteiger partial charge in [0.2, 0.25) is 0 Å². The van der Waals surface area contributed by atoms with Crippen LogP contribution in [0.4, 0.5) is 0 Å². The van der Waals surface area contributed by atoms with Gasteiger partial charge in [0.25, 0.3) is 5.56 Å². The fraction of sp³-hybridized carbons (Fsp3) is 0.600. The van der Waals surface area contributed by atoms with Gasteiger partial charge in [0, 0.05) is 30.7 Å². The van der Waals surface area contributed by atoms with Crippen LogP contribution in [-0.4, -0.2) is 9.55 Å². The molecule has 2 aromatic heterocycles. The number of rotatable bonds is 2. The first kappa shape index (κ1) is 52.9. The third kappa shape index (κ3) is 55.8. The van der Waals surface area contributed by atoms with Gasteiger partial charge in [-0.25, -0.2) is 0 Å². The molecule has 0 radical (unpaired) electrons. The van der Waals surface area contributed by atoms with Crippen LogP contribution in [0.2, 0.25) is 0 Å². The van der Waals surface area contributed by atoms with Crippen LogP contribution in [0, 0.1) is 23.7 Å². The van der Waals surface area contributed by atoms with Gasteiger partial charge >= 0.3 is 0 Å². The fourth-order valence-corrected chi connectivity index (χ4v) is 2.33. The second-order valence-corrected chi connectivity index (χ2v) is 10.8. The number of hydrogen-bond donors (Lipinski definition) is 0. The van der Waals surface area contributed by atoms with Crippen molar-refractivity contribution in [1.29, 1.82) is 0 Å². The van der Waals surface area contributed by atoms with Gasteiger partial charge in [-0.2, -0.15) is 0 Å². The minimum atomic E-state index is 0. The molecule has 0 bridgehead atoms. The van der Waals surface area contributed by atoms with E-state index in [0.29, 0.717) is 0 Å². The fourth-order valence-electron chi connectivity index (χ4n) is 2.33. The van der Waals surface area contributed by atoms with E-state index in [1.54, 1.807) is 35.3 Å². The van der Waals surface area contributed by atoms with Gasteiger partial charge in [-0.15, -0.1) is 0 Å². The van der Waals surface area contributed by atoms with Gasteiger partial charge in [-0.05, 0) is 68.6 Å². The third-order valence-corrected chi connectivity index (χ3v) is 4.21. The van der Waals surface area contributed by atoms with E-state index in [-0.39, 0.29) is 19.0 Å². The Balaban J connectivity index is -0.0000000940. The summed E-state index contributed by atoms with van der Waals surface area (Å²) in [4.78, 5) is 14.8. The number of pyridine rings is 2. The van der Waals surface area contributed by atoms with Crippen LogP contribution in [0.25, 0.3) is 0 Å². The summed E-state index contributed by atoms with van der Waals surface area (Å²) in [6.45, 7) is 33.6. The first-order valence-electron chi connectivity index (χ1n) is 16.5. The molecular weight excluding hydrogens is 524 g/mol. The molecule has 3 heteroatoms. The van der Waals surface area contributed by atoms with Crippen LogP contribution in [0.15, 0.2) is 96.2 Å². The Morgan fingerprint density at radius 3 is 1.05 bits per heavy atom. The Morgan fingerprint density at radius 1 is 0.581 bits per heavy atom. The molecule has 4 rings (SSSR count). The maximum Gasteiger partial charge on any atom is 0.250 e. The topological polar surface area (TPSA) is 34.9 Å². The molecule has 1 aromatic carbocycles. The lowest BCUT2D eigenvalue weighted by molar-refractivity contribution is 0.563. The highest BCUT2D eigenvalue weighted by atomic mass is 16.1. The SMILES string of the molecule is C.CC.CC.CC.CC(C)C.CC(C)C.CC(C)C1CC1.CC(C)n1ccccc1=O.c1ccccc1.c1ccncc1. The van der Waals surface area contributed by atoms with Crippen molar-refractivity contribution in [3.05, 3.63) is 102 Å². The quantitative estimate of drug-likeness (QED) is 0.293. The van der Waals surface area contributed by atoms with E-state index in [0.717, 1.165) is 23.7 Å². The van der Waals surface area contributed by atoms with E-state index in [1.165, 1.54) is 12.8 Å². The molecule has 1 fully saturated rings. The van der Waals surface area contributed by atoms with Crippen molar-refractivity contribution in [1.82, 2.24) is 9.55 Å². The highest BCUT2D eigenvalue weighted by Crippen LogP contribution is 2.35. The molecule has 0 aliphatic heterocycles. The number of nitrogens with zero attached hydrogens (tertiary/aromatic N) is 2. The molecule has 0 spiro atoms. The van der Waals surface area contributed by atoms with E-state index in [4.69, 9.17) is 0 Å². The van der Waals surface area contributed by atoms with Crippen LogP contribution in [0.3, 0.4) is 0 Å². The summed E-state index contributed by atoms with van der Waals surface area (Å²) in [6, 6.07) is 23.2. The lowest BCUT2D eigenvalue weighted by atomic mass is 10.1. The van der Waals surface area contributed by atoms with E-state index in [1.807, 2.05) is 116 Å². The molecule has 0 unspecified atom stereocenters. The summed E-state index contributed by atoms with van der Waals surface area (Å²) >= 11 is 0. The Morgan fingerprint density at radius 2 is 0.907 bits per heavy atom. The molecule has 3 nitrogen and oxygen atoms in total. The molecular formula is C40H76N2O. The van der Waals surface area contributed by atoms with Gasteiger partial charge in [0.15, 0.2) is 0 Å². The van der Waals surface area contributed by atoms with Crippen LogP contribution in [0.1, 0.15) is 137 Å². The molecule has 0 N–H and O–H groups in total. The molecule has 0 amide bonds. The highest BCUT2D eigenvalue weighted by molar-refractivity contribution is 4.99. The second kappa shape index (κ2) is 43.8. The van der Waals surface area contributed by atoms with Crippen molar-refractivity contribution in [3.63, 3.8) is 0 Å². The van der Waals surface area contributed by atoms with Crippen LogP contribution >= 0.6 is 0 Å². The van der Waals surface area contributed by atoms with Crippen molar-refractivity contribution in [2.75, 3.05) is 0 Å². The first-order chi connectivity index (χ1) is 20.0. The van der Waals surface area contributed by atoms with E-state index in [2.05, 4.69) is 60.4 Å². The summed E-state index contributed by atoms with van der Waals surface area (Å²) in [7, 11) is 0. The van der Waals surface area contributed by atoms with Crippen LogP contribution < -0.4 is 5.56 Å². The first-order valence-corrected chi connectivity index (χ1v) is 16.5. The summed E-state index contributed by atoms with van der Waals surface area (Å²) < 4.78 is 1.69. The molecule has 0 atom stereocenters. The Bertz CT molecular complexity index is 756. The van der Waals surface area contributed by atoms with Crippen molar-refractivity contribution in [3.8, 4) is 0 Å². The highest BCUT2D eigenvalue weighted by Gasteiger charge is 2.23. The second-order valence-electron chi connectivity index (χ2n) is 10.8. The van der Waals surface area contributed by atoms with E-state index < -0.39 is 0 Å². The molecule has 2 heterocycles. The smallest absolute Gasteiger partial charge is 0.250 e. The van der Waals surface area contributed by atoms with Crippen molar-refractivity contribution < 1.29 is 0 Å². The van der Waals surface area contributed by atoms with Gasteiger partial charge < -0.3 is 4.57 Å². The summed E-state index contributed by atoms with van der Waals surface area (Å²) in [6.07, 6.45) is 8.29. The lowest BCUT2D eigenvalue weighted by Crippen LogP contribution is -2.19. The zero-order valence-corrected chi connectivity index (χ0v) is 30.8. The zero-order chi connectivity index (χ0) is 33.8. The average molecular weight is 601 g/mol. The minimum Gasteiger partial charge on any atom is -0.313 e. The van der Waals surface area contributed by atoms with Crippen LogP contribution in [0.5, 0.6) is 0 Å². The van der Waals surface area contributed by atoms with E-state index in [9.17, 15) is 4.79 Å². The number of benzene rings is 1. The number of aromatic nitrogens is 2. The average Bonchev–Trinajstić information content (AvgIpc) is 3.85. The monoisotopic (exact) mass is 601 g/mol. The standard InChI is InChI=1S/C8H11NO.C6H12.C6H6.C5H5N.2C4H10.3C2H6.CH4/c1-7(2)9-6-4-3-5-8(9)10;1-5(2)6-3-4-6;2*1-2-4-6-5-3-1;2*1-4(2)3;3*1-2;/h3-7H,1-2H3;5-6H,3-4H2,1-2H3;1-6H;1-5H;2*4H,1-3H3;3*1-2H3;1H4. The maximum absolute atomic E-state index is 11.0. The van der Waals surface area contributed by atoms with E-state index >= 15 is 0 Å². The van der Waals surface area contributed by atoms with Gasteiger partial charge in [0.1, 0.15) is 0 Å². The van der Waals surface area contributed by atoms with Crippen LogP contribution in [-0.2, 0) is 0 Å². The minimum absolute atomic E-state index is 0. The molecule has 3 aromatic rings. The molecule has 1 aliphatic carbocycles. The van der Waals surface area contributed by atoms with Gasteiger partial charge in [0.05, 0.1) is 0 Å². The summed E-state index contributed by atoms with van der Waals surface area (Å²) in [5, 5.41) is 0. The van der Waals surface area contributed by atoms with Gasteiger partial charge in [-0.3, -0.25) is 9.78 Å². The summed E-state index contributed by atoms with van der Waals surface area (Å²) in [5.74, 6) is 3.73. The Labute approximate surface area is 271 Å². The Hall–Kier alpha value is -2.68. The lowest BCUT2D eigenvalue weighted by Gasteiger charge is -2.06. The summed E-state index contributed by atoms with van der Waals surface area (Å²) in [5.41, 5.74) is 0.0671. The molecule has 1 saturated carbocycles. The van der Waals surface area contributed by atoms with Crippen molar-refractivity contribution >= 4 is 0 Å². The molecule has 0 saturated heterocycles. The molecule has 252 valence electrons. The largest absolute Gasteiger partial charge is 0.313 e. The third-order valence-electron chi connectivity index (χ3n) is 4.21.